The molecule has 0 saturated carbocycles. The summed E-state index contributed by atoms with van der Waals surface area (Å²) in [5.74, 6) is -0.0120. The Morgan fingerprint density at radius 2 is 1.94 bits per heavy atom. The Kier molecular flexibility index (Phi) is 5.20. The van der Waals surface area contributed by atoms with Gasteiger partial charge in [0.25, 0.3) is 5.91 Å². The standard InChI is InChI=1S/C13H11BrINOS/c14-12-6-5-11(18-12)7-8-16-13(17)9-1-3-10(15)4-2-9/h1-6H,7-8H2,(H,16,17). The topological polar surface area (TPSA) is 29.1 Å². The number of hydrogen-bond acceptors (Lipinski definition) is 2. The van der Waals surface area contributed by atoms with Crippen LogP contribution in [0, 0.1) is 3.57 Å². The number of amides is 1. The second kappa shape index (κ2) is 6.68. The summed E-state index contributed by atoms with van der Waals surface area (Å²) in [6.07, 6.45) is 0.867. The van der Waals surface area contributed by atoms with E-state index in [0.29, 0.717) is 12.1 Å². The van der Waals surface area contributed by atoms with Crippen molar-refractivity contribution in [1.82, 2.24) is 5.32 Å². The molecule has 94 valence electrons. The molecule has 0 aliphatic carbocycles. The lowest BCUT2D eigenvalue weighted by molar-refractivity contribution is 0.0954. The lowest BCUT2D eigenvalue weighted by Crippen LogP contribution is -2.25. The second-order valence-corrected chi connectivity index (χ2v) is 7.51. The molecular weight excluding hydrogens is 425 g/mol. The fraction of sp³-hybridized carbons (Fsp3) is 0.154. The summed E-state index contributed by atoms with van der Waals surface area (Å²) in [5.41, 5.74) is 0.711. The van der Waals surface area contributed by atoms with Crippen LogP contribution in [0.3, 0.4) is 0 Å². The zero-order valence-corrected chi connectivity index (χ0v) is 14.0. The van der Waals surface area contributed by atoms with Gasteiger partial charge >= 0.3 is 0 Å². The van der Waals surface area contributed by atoms with Gasteiger partial charge in [-0.1, -0.05) is 0 Å². The molecule has 1 amide bonds. The molecule has 0 unspecified atom stereocenters. The summed E-state index contributed by atoms with van der Waals surface area (Å²) < 4.78 is 2.26. The lowest BCUT2D eigenvalue weighted by atomic mass is 10.2. The van der Waals surface area contributed by atoms with Crippen LogP contribution >= 0.6 is 49.9 Å². The van der Waals surface area contributed by atoms with Crippen molar-refractivity contribution in [1.29, 1.82) is 0 Å². The predicted octanol–water partition coefficient (Wildman–Crippen LogP) is 4.09. The number of rotatable bonds is 4. The van der Waals surface area contributed by atoms with E-state index in [1.165, 1.54) is 4.88 Å². The molecule has 0 bridgehead atoms. The van der Waals surface area contributed by atoms with Gasteiger partial charge in [-0.15, -0.1) is 11.3 Å². The van der Waals surface area contributed by atoms with Gasteiger partial charge in [0.2, 0.25) is 0 Å². The van der Waals surface area contributed by atoms with Crippen molar-refractivity contribution in [3.05, 3.63) is 54.2 Å². The molecular formula is C13H11BrINOS. The minimum absolute atomic E-state index is 0.0120. The Morgan fingerprint density at radius 1 is 1.22 bits per heavy atom. The summed E-state index contributed by atoms with van der Waals surface area (Å²) in [7, 11) is 0. The van der Waals surface area contributed by atoms with Gasteiger partial charge < -0.3 is 5.32 Å². The molecule has 2 nitrogen and oxygen atoms in total. The predicted molar refractivity (Wildman–Crippen MR) is 87.2 cm³/mol. The zero-order valence-electron chi connectivity index (χ0n) is 9.45. The van der Waals surface area contributed by atoms with Gasteiger partial charge in [0.15, 0.2) is 0 Å². The summed E-state index contributed by atoms with van der Waals surface area (Å²) in [4.78, 5) is 13.1. The third-order valence-electron chi connectivity index (χ3n) is 2.39. The van der Waals surface area contributed by atoms with Crippen LogP contribution in [0.2, 0.25) is 0 Å². The third-order valence-corrected chi connectivity index (χ3v) is 4.79. The molecule has 5 heteroatoms. The van der Waals surface area contributed by atoms with Crippen LogP contribution in [0.25, 0.3) is 0 Å². The van der Waals surface area contributed by atoms with Gasteiger partial charge in [-0.05, 0) is 81.3 Å². The molecule has 0 aliphatic heterocycles. The van der Waals surface area contributed by atoms with E-state index in [0.717, 1.165) is 13.8 Å². The van der Waals surface area contributed by atoms with Crippen LogP contribution < -0.4 is 5.32 Å². The fourth-order valence-electron chi connectivity index (χ4n) is 1.49. The number of carbonyl (C=O) groups is 1. The lowest BCUT2D eigenvalue weighted by Gasteiger charge is -2.04. The zero-order chi connectivity index (χ0) is 13.0. The monoisotopic (exact) mass is 435 g/mol. The molecule has 0 atom stereocenters. The second-order valence-electron chi connectivity index (χ2n) is 3.72. The average Bonchev–Trinajstić information content (AvgIpc) is 2.76. The largest absolute Gasteiger partial charge is 0.352 e. The quantitative estimate of drug-likeness (QED) is 0.720. The van der Waals surface area contributed by atoms with Crippen LogP contribution in [-0.2, 0) is 6.42 Å². The van der Waals surface area contributed by atoms with E-state index >= 15 is 0 Å². The first-order valence-electron chi connectivity index (χ1n) is 5.43. The maximum Gasteiger partial charge on any atom is 0.251 e. The van der Waals surface area contributed by atoms with Gasteiger partial charge in [-0.25, -0.2) is 0 Å². The van der Waals surface area contributed by atoms with Crippen molar-refractivity contribution in [2.24, 2.45) is 0 Å². The number of benzene rings is 1. The Morgan fingerprint density at radius 3 is 2.56 bits per heavy atom. The molecule has 0 saturated heterocycles. The molecule has 18 heavy (non-hydrogen) atoms. The molecule has 0 radical (unpaired) electrons. The molecule has 1 aromatic heterocycles. The summed E-state index contributed by atoms with van der Waals surface area (Å²) in [5, 5.41) is 2.93. The first-order valence-corrected chi connectivity index (χ1v) is 8.12. The summed E-state index contributed by atoms with van der Waals surface area (Å²) in [6, 6.07) is 11.7. The molecule has 1 N–H and O–H groups in total. The Bertz CT molecular complexity index is 538. The van der Waals surface area contributed by atoms with Crippen molar-refractivity contribution < 1.29 is 4.79 Å². The van der Waals surface area contributed by atoms with Crippen molar-refractivity contribution in [3.8, 4) is 0 Å². The van der Waals surface area contributed by atoms with Crippen LogP contribution in [0.5, 0.6) is 0 Å². The summed E-state index contributed by atoms with van der Waals surface area (Å²) >= 11 is 7.35. The van der Waals surface area contributed by atoms with Crippen molar-refractivity contribution in [2.45, 2.75) is 6.42 Å². The van der Waals surface area contributed by atoms with Gasteiger partial charge in [-0.2, -0.15) is 0 Å². The Balaban J connectivity index is 1.83. The first kappa shape index (κ1) is 14.0. The number of nitrogens with one attached hydrogen (secondary N) is 1. The summed E-state index contributed by atoms with van der Waals surface area (Å²) in [6.45, 7) is 0.664. The molecule has 1 heterocycles. The number of hydrogen-bond donors (Lipinski definition) is 1. The normalized spacial score (nSPS) is 10.3. The smallest absolute Gasteiger partial charge is 0.251 e. The van der Waals surface area contributed by atoms with Gasteiger partial charge in [-0.3, -0.25) is 4.79 Å². The Hall–Kier alpha value is -0.400. The number of carbonyl (C=O) groups excluding carboxylic acids is 1. The molecule has 1 aromatic carbocycles. The fourth-order valence-corrected chi connectivity index (χ4v) is 3.33. The van der Waals surface area contributed by atoms with Crippen LogP contribution in [-0.4, -0.2) is 12.5 Å². The maximum absolute atomic E-state index is 11.8. The van der Waals surface area contributed by atoms with E-state index in [4.69, 9.17) is 0 Å². The average molecular weight is 436 g/mol. The van der Waals surface area contributed by atoms with Crippen LogP contribution in [0.4, 0.5) is 0 Å². The van der Waals surface area contributed by atoms with Crippen LogP contribution in [0.1, 0.15) is 15.2 Å². The molecule has 0 aliphatic rings. The third kappa shape index (κ3) is 4.07. The first-order chi connectivity index (χ1) is 8.65. The highest BCUT2D eigenvalue weighted by Gasteiger charge is 2.04. The molecule has 2 aromatic rings. The van der Waals surface area contributed by atoms with E-state index < -0.39 is 0 Å². The maximum atomic E-state index is 11.8. The highest BCUT2D eigenvalue weighted by atomic mass is 127. The van der Waals surface area contributed by atoms with Crippen molar-refractivity contribution in [3.63, 3.8) is 0 Å². The van der Waals surface area contributed by atoms with Gasteiger partial charge in [0, 0.05) is 20.6 Å². The molecule has 2 rings (SSSR count). The van der Waals surface area contributed by atoms with Gasteiger partial charge in [0.1, 0.15) is 0 Å². The molecule has 0 spiro atoms. The highest BCUT2D eigenvalue weighted by Crippen LogP contribution is 2.22. The van der Waals surface area contributed by atoms with Gasteiger partial charge in [0.05, 0.1) is 3.79 Å². The van der Waals surface area contributed by atoms with E-state index in [2.05, 4.69) is 49.9 Å². The van der Waals surface area contributed by atoms with Crippen molar-refractivity contribution >= 4 is 55.8 Å². The van der Waals surface area contributed by atoms with E-state index in [1.54, 1.807) is 11.3 Å². The SMILES string of the molecule is O=C(NCCc1ccc(Br)s1)c1ccc(I)cc1. The van der Waals surface area contributed by atoms with E-state index in [1.807, 2.05) is 30.3 Å². The van der Waals surface area contributed by atoms with E-state index in [9.17, 15) is 4.79 Å². The number of halogens is 2. The molecule has 0 fully saturated rings. The van der Waals surface area contributed by atoms with Crippen LogP contribution in [0.15, 0.2) is 40.2 Å². The van der Waals surface area contributed by atoms with E-state index in [-0.39, 0.29) is 5.91 Å². The Labute approximate surface area is 132 Å². The van der Waals surface area contributed by atoms with Crippen molar-refractivity contribution in [2.75, 3.05) is 6.54 Å². The number of thiophene rings is 1. The minimum atomic E-state index is -0.0120. The highest BCUT2D eigenvalue weighted by molar-refractivity contribution is 14.1. The minimum Gasteiger partial charge on any atom is -0.352 e.